The average Bonchev–Trinajstić information content (AvgIpc) is 2.78. The number of nitrogens with one attached hydrogen (secondary N) is 3. The molecule has 33 heavy (non-hydrogen) atoms. The molecule has 3 amide bonds. The van der Waals surface area contributed by atoms with Gasteiger partial charge in [0.2, 0.25) is 11.8 Å². The molecule has 0 aliphatic carbocycles. The quantitative estimate of drug-likeness (QED) is 0.535. The van der Waals surface area contributed by atoms with Gasteiger partial charge < -0.3 is 16.0 Å². The fraction of sp³-hybridized carbons (Fsp3) is 0.160. The van der Waals surface area contributed by atoms with E-state index in [4.69, 9.17) is 0 Å². The Bertz CT molecular complexity index is 1200. The number of aryl methyl sites for hydroxylation is 1. The number of anilines is 4. The van der Waals surface area contributed by atoms with Crippen LogP contribution in [-0.4, -0.2) is 30.3 Å². The van der Waals surface area contributed by atoms with Gasteiger partial charge in [-0.1, -0.05) is 35.9 Å². The van der Waals surface area contributed by atoms with E-state index in [-0.39, 0.29) is 18.9 Å². The molecule has 0 unspecified atom stereocenters. The molecule has 3 aromatic carbocycles. The van der Waals surface area contributed by atoms with Crippen molar-refractivity contribution in [2.24, 2.45) is 0 Å². The van der Waals surface area contributed by atoms with Crippen LogP contribution in [-0.2, 0) is 14.4 Å². The fourth-order valence-corrected chi connectivity index (χ4v) is 3.63. The molecule has 4 rings (SSSR count). The third-order valence-corrected chi connectivity index (χ3v) is 5.22. The molecule has 3 N–H and O–H groups in total. The molecule has 0 radical (unpaired) electrons. The summed E-state index contributed by atoms with van der Waals surface area (Å²) in [7, 11) is 0. The standard InChI is InChI=1S/C25H23FN4O3/c1-16-9-11-18(12-10-16)27-23(31)14-21-25(33)30(22-8-3-2-7-20(22)29-21)15-24(32)28-19-6-4-5-17(26)13-19/h2-13,21,29H,14-15H2,1H3,(H,27,31)(H,28,32)/t21-/m0/s1. The van der Waals surface area contributed by atoms with E-state index in [2.05, 4.69) is 16.0 Å². The first-order valence-corrected chi connectivity index (χ1v) is 10.5. The van der Waals surface area contributed by atoms with Crippen molar-refractivity contribution in [2.45, 2.75) is 19.4 Å². The number of amides is 3. The van der Waals surface area contributed by atoms with Crippen LogP contribution < -0.4 is 20.9 Å². The second-order valence-electron chi connectivity index (χ2n) is 7.82. The summed E-state index contributed by atoms with van der Waals surface area (Å²) in [6.07, 6.45) is -0.108. The van der Waals surface area contributed by atoms with E-state index in [9.17, 15) is 18.8 Å². The molecule has 1 heterocycles. The lowest BCUT2D eigenvalue weighted by Crippen LogP contribution is -2.50. The molecule has 0 saturated carbocycles. The summed E-state index contributed by atoms with van der Waals surface area (Å²) in [5, 5.41) is 8.49. The second-order valence-corrected chi connectivity index (χ2v) is 7.82. The number of fused-ring (bicyclic) bond motifs is 1. The minimum Gasteiger partial charge on any atom is -0.372 e. The molecule has 8 heteroatoms. The van der Waals surface area contributed by atoms with Gasteiger partial charge in [-0.05, 0) is 49.4 Å². The lowest BCUT2D eigenvalue weighted by Gasteiger charge is -2.34. The fourth-order valence-electron chi connectivity index (χ4n) is 3.63. The molecule has 0 aromatic heterocycles. The number of carbonyl (C=O) groups is 3. The zero-order valence-corrected chi connectivity index (χ0v) is 18.0. The number of benzene rings is 3. The highest BCUT2D eigenvalue weighted by Crippen LogP contribution is 2.32. The third-order valence-electron chi connectivity index (χ3n) is 5.22. The lowest BCUT2D eigenvalue weighted by molar-refractivity contribution is -0.124. The molecule has 0 bridgehead atoms. The highest BCUT2D eigenvalue weighted by atomic mass is 19.1. The van der Waals surface area contributed by atoms with Gasteiger partial charge >= 0.3 is 0 Å². The van der Waals surface area contributed by atoms with Gasteiger partial charge in [-0.2, -0.15) is 0 Å². The minimum atomic E-state index is -0.840. The number of hydrogen-bond donors (Lipinski definition) is 3. The van der Waals surface area contributed by atoms with Crippen LogP contribution >= 0.6 is 0 Å². The lowest BCUT2D eigenvalue weighted by atomic mass is 10.1. The Labute approximate surface area is 190 Å². The maximum absolute atomic E-state index is 13.4. The summed E-state index contributed by atoms with van der Waals surface area (Å²) in [5.41, 5.74) is 3.18. The van der Waals surface area contributed by atoms with Gasteiger partial charge in [-0.25, -0.2) is 4.39 Å². The van der Waals surface area contributed by atoms with Crippen LogP contribution in [0.5, 0.6) is 0 Å². The van der Waals surface area contributed by atoms with Gasteiger partial charge in [0.05, 0.1) is 17.8 Å². The third kappa shape index (κ3) is 5.35. The van der Waals surface area contributed by atoms with E-state index in [1.807, 2.05) is 19.1 Å². The van der Waals surface area contributed by atoms with Gasteiger partial charge in [0.25, 0.3) is 5.91 Å². The molecule has 1 aliphatic heterocycles. The van der Waals surface area contributed by atoms with E-state index in [0.29, 0.717) is 22.7 Å². The first-order chi connectivity index (χ1) is 15.9. The van der Waals surface area contributed by atoms with Crippen molar-refractivity contribution in [3.05, 3.63) is 84.2 Å². The highest BCUT2D eigenvalue weighted by molar-refractivity contribution is 6.11. The monoisotopic (exact) mass is 446 g/mol. The van der Waals surface area contributed by atoms with E-state index < -0.39 is 23.7 Å². The van der Waals surface area contributed by atoms with Gasteiger partial charge in [0.15, 0.2) is 0 Å². The van der Waals surface area contributed by atoms with Gasteiger partial charge in [0, 0.05) is 11.4 Å². The summed E-state index contributed by atoms with van der Waals surface area (Å²) in [4.78, 5) is 39.8. The topological polar surface area (TPSA) is 90.5 Å². The maximum Gasteiger partial charge on any atom is 0.250 e. The number of carbonyl (C=O) groups excluding carboxylic acids is 3. The Hall–Kier alpha value is -4.20. The van der Waals surface area contributed by atoms with Gasteiger partial charge in [-0.3, -0.25) is 19.3 Å². The Kier molecular flexibility index (Phi) is 6.35. The number of rotatable bonds is 6. The van der Waals surface area contributed by atoms with Crippen molar-refractivity contribution in [1.29, 1.82) is 0 Å². The number of nitrogens with zero attached hydrogens (tertiary/aromatic N) is 1. The van der Waals surface area contributed by atoms with Crippen LogP contribution in [0.2, 0.25) is 0 Å². The largest absolute Gasteiger partial charge is 0.372 e. The average molecular weight is 446 g/mol. The number of hydrogen-bond acceptors (Lipinski definition) is 4. The van der Waals surface area contributed by atoms with Crippen LogP contribution in [0, 0.1) is 12.7 Å². The molecule has 7 nitrogen and oxygen atoms in total. The zero-order chi connectivity index (χ0) is 23.4. The van der Waals surface area contributed by atoms with Crippen molar-refractivity contribution in [2.75, 3.05) is 27.4 Å². The Morgan fingerprint density at radius 2 is 1.67 bits per heavy atom. The maximum atomic E-state index is 13.4. The molecule has 1 aliphatic rings. The van der Waals surface area contributed by atoms with Crippen molar-refractivity contribution in [1.82, 2.24) is 0 Å². The predicted octanol–water partition coefficient (Wildman–Crippen LogP) is 3.93. The summed E-state index contributed by atoms with van der Waals surface area (Å²) < 4.78 is 13.4. The summed E-state index contributed by atoms with van der Waals surface area (Å²) >= 11 is 0. The predicted molar refractivity (Wildman–Crippen MR) is 126 cm³/mol. The summed E-state index contributed by atoms with van der Waals surface area (Å²) in [6, 6.07) is 19.1. The van der Waals surface area contributed by atoms with Crippen LogP contribution in [0.1, 0.15) is 12.0 Å². The molecular weight excluding hydrogens is 423 g/mol. The van der Waals surface area contributed by atoms with Crippen molar-refractivity contribution < 1.29 is 18.8 Å². The minimum absolute atomic E-state index is 0.108. The van der Waals surface area contributed by atoms with Crippen LogP contribution in [0.3, 0.4) is 0 Å². The van der Waals surface area contributed by atoms with Crippen LogP contribution in [0.15, 0.2) is 72.8 Å². The molecule has 1 atom stereocenters. The van der Waals surface area contributed by atoms with Crippen molar-refractivity contribution >= 4 is 40.5 Å². The Morgan fingerprint density at radius 3 is 2.42 bits per heavy atom. The Morgan fingerprint density at radius 1 is 0.939 bits per heavy atom. The van der Waals surface area contributed by atoms with Crippen molar-refractivity contribution in [3.8, 4) is 0 Å². The van der Waals surface area contributed by atoms with E-state index in [1.54, 1.807) is 42.5 Å². The van der Waals surface area contributed by atoms with Gasteiger partial charge in [-0.15, -0.1) is 0 Å². The molecule has 0 spiro atoms. The summed E-state index contributed by atoms with van der Waals surface area (Å²) in [6.45, 7) is 1.68. The first-order valence-electron chi connectivity index (χ1n) is 10.5. The Balaban J connectivity index is 1.48. The van der Waals surface area contributed by atoms with Gasteiger partial charge in [0.1, 0.15) is 18.4 Å². The molecule has 3 aromatic rings. The molecule has 0 saturated heterocycles. The smallest absolute Gasteiger partial charge is 0.250 e. The molecule has 0 fully saturated rings. The van der Waals surface area contributed by atoms with Crippen LogP contribution in [0.25, 0.3) is 0 Å². The second kappa shape index (κ2) is 9.52. The SMILES string of the molecule is Cc1ccc(NC(=O)C[C@@H]2Nc3ccccc3N(CC(=O)Nc3cccc(F)c3)C2=O)cc1. The summed E-state index contributed by atoms with van der Waals surface area (Å²) in [5.74, 6) is -1.68. The van der Waals surface area contributed by atoms with E-state index >= 15 is 0 Å². The molecular formula is C25H23FN4O3. The molecule has 168 valence electrons. The first kappa shape index (κ1) is 22.0. The van der Waals surface area contributed by atoms with Crippen molar-refractivity contribution in [3.63, 3.8) is 0 Å². The number of para-hydroxylation sites is 2. The van der Waals surface area contributed by atoms with Crippen LogP contribution in [0.4, 0.5) is 27.1 Å². The van der Waals surface area contributed by atoms with E-state index in [0.717, 1.165) is 5.56 Å². The number of halogens is 1. The van der Waals surface area contributed by atoms with E-state index in [1.165, 1.54) is 23.1 Å². The normalized spacial score (nSPS) is 14.8. The zero-order valence-electron chi connectivity index (χ0n) is 18.0. The highest BCUT2D eigenvalue weighted by Gasteiger charge is 2.34.